The van der Waals surface area contributed by atoms with Crippen molar-refractivity contribution in [2.24, 2.45) is 5.92 Å². The van der Waals surface area contributed by atoms with Gasteiger partial charge in [-0.1, -0.05) is 12.1 Å². The second kappa shape index (κ2) is 12.9. The Labute approximate surface area is 233 Å². The maximum atomic E-state index is 13.0. The van der Waals surface area contributed by atoms with Gasteiger partial charge in [0, 0.05) is 24.3 Å². The zero-order valence-corrected chi connectivity index (χ0v) is 23.1. The van der Waals surface area contributed by atoms with E-state index in [2.05, 4.69) is 16.2 Å². The van der Waals surface area contributed by atoms with Crippen LogP contribution in [-0.4, -0.2) is 44.6 Å². The number of carbonyl (C=O) groups excluding carboxylic acids is 3. The van der Waals surface area contributed by atoms with Crippen LogP contribution in [0.1, 0.15) is 24.5 Å². The Bertz CT molecular complexity index is 1380. The summed E-state index contributed by atoms with van der Waals surface area (Å²) in [4.78, 5) is 39.8. The maximum absolute atomic E-state index is 13.0. The van der Waals surface area contributed by atoms with Gasteiger partial charge >= 0.3 is 0 Å². The standard InChI is InChI=1S/C30H34N4O6/c1-5-39-24-13-10-22(11-14-24)31-27(35)18-40-29-25(7-6-8-26(29)38-4)32-33-30(37)21-16-28(36)34(17-21)23-12-9-19(2)20(3)15-23/h6-15,21,32H,5,16-18H2,1-4H3,(H,31,35)(H,33,37)/t21-/m0/s1. The normalized spacial score (nSPS) is 14.4. The highest BCUT2D eigenvalue weighted by Crippen LogP contribution is 2.35. The number of nitrogens with one attached hydrogen (secondary N) is 3. The van der Waals surface area contributed by atoms with Crippen LogP contribution >= 0.6 is 0 Å². The zero-order valence-electron chi connectivity index (χ0n) is 23.1. The monoisotopic (exact) mass is 546 g/mol. The molecule has 0 saturated carbocycles. The van der Waals surface area contributed by atoms with E-state index in [1.165, 1.54) is 7.11 Å². The van der Waals surface area contributed by atoms with Crippen LogP contribution in [0.15, 0.2) is 60.7 Å². The number of methoxy groups -OCH3 is 1. The molecule has 0 aromatic heterocycles. The average Bonchev–Trinajstić information content (AvgIpc) is 3.34. The van der Waals surface area contributed by atoms with E-state index in [1.54, 1.807) is 47.4 Å². The van der Waals surface area contributed by atoms with E-state index in [0.717, 1.165) is 16.8 Å². The van der Waals surface area contributed by atoms with Gasteiger partial charge < -0.3 is 24.4 Å². The first-order valence-electron chi connectivity index (χ1n) is 13.0. The Morgan fingerprint density at radius 2 is 1.77 bits per heavy atom. The third-order valence-corrected chi connectivity index (χ3v) is 6.61. The van der Waals surface area contributed by atoms with Gasteiger partial charge in [-0.2, -0.15) is 0 Å². The molecule has 1 aliphatic heterocycles. The first kappa shape index (κ1) is 28.3. The predicted molar refractivity (Wildman–Crippen MR) is 153 cm³/mol. The molecule has 1 saturated heterocycles. The summed E-state index contributed by atoms with van der Waals surface area (Å²) in [6.07, 6.45) is 0.105. The molecule has 1 atom stereocenters. The van der Waals surface area contributed by atoms with Crippen LogP contribution in [0.5, 0.6) is 17.2 Å². The first-order valence-corrected chi connectivity index (χ1v) is 13.0. The predicted octanol–water partition coefficient (Wildman–Crippen LogP) is 4.22. The molecule has 3 N–H and O–H groups in total. The van der Waals surface area contributed by atoms with Crippen LogP contribution in [0.25, 0.3) is 0 Å². The van der Waals surface area contributed by atoms with Gasteiger partial charge in [0.05, 0.1) is 25.3 Å². The molecule has 10 heteroatoms. The summed E-state index contributed by atoms with van der Waals surface area (Å²) in [5.41, 5.74) is 9.54. The molecule has 0 aliphatic carbocycles. The van der Waals surface area contributed by atoms with Crippen molar-refractivity contribution in [2.75, 3.05) is 42.5 Å². The largest absolute Gasteiger partial charge is 0.494 e. The summed E-state index contributed by atoms with van der Waals surface area (Å²) < 4.78 is 16.6. The van der Waals surface area contributed by atoms with Gasteiger partial charge in [0.1, 0.15) is 5.75 Å². The highest BCUT2D eigenvalue weighted by Gasteiger charge is 2.35. The molecule has 0 unspecified atom stereocenters. The molecule has 0 bridgehead atoms. The second-order valence-electron chi connectivity index (χ2n) is 9.42. The molecule has 210 valence electrons. The van der Waals surface area contributed by atoms with E-state index in [0.29, 0.717) is 29.5 Å². The first-order chi connectivity index (χ1) is 19.3. The molecule has 10 nitrogen and oxygen atoms in total. The molecule has 3 aromatic carbocycles. The van der Waals surface area contributed by atoms with Crippen molar-refractivity contribution in [3.8, 4) is 17.2 Å². The highest BCUT2D eigenvalue weighted by molar-refractivity contribution is 6.00. The SMILES string of the molecule is CCOc1ccc(NC(=O)COc2c(NNC(=O)[C@H]3CC(=O)N(c4ccc(C)c(C)c4)C3)cccc2OC)cc1. The van der Waals surface area contributed by atoms with Crippen molar-refractivity contribution < 1.29 is 28.6 Å². The van der Waals surface area contributed by atoms with Crippen molar-refractivity contribution in [1.29, 1.82) is 0 Å². The van der Waals surface area contributed by atoms with Crippen LogP contribution in [-0.2, 0) is 14.4 Å². The highest BCUT2D eigenvalue weighted by atomic mass is 16.5. The number of ether oxygens (including phenoxy) is 3. The minimum Gasteiger partial charge on any atom is -0.494 e. The summed E-state index contributed by atoms with van der Waals surface area (Å²) in [5, 5.41) is 2.77. The molecule has 4 rings (SSSR count). The Morgan fingerprint density at radius 1 is 1.00 bits per heavy atom. The number of hydrogen-bond acceptors (Lipinski definition) is 7. The number of nitrogens with zero attached hydrogens (tertiary/aromatic N) is 1. The van der Waals surface area contributed by atoms with Gasteiger partial charge in [-0.3, -0.25) is 25.2 Å². The molecule has 1 heterocycles. The number of benzene rings is 3. The third-order valence-electron chi connectivity index (χ3n) is 6.61. The lowest BCUT2D eigenvalue weighted by molar-refractivity contribution is -0.125. The van der Waals surface area contributed by atoms with Gasteiger partial charge in [-0.05, 0) is 80.4 Å². The van der Waals surface area contributed by atoms with Crippen molar-refractivity contribution in [1.82, 2.24) is 5.43 Å². The number of para-hydroxylation sites is 1. The molecule has 40 heavy (non-hydrogen) atoms. The van der Waals surface area contributed by atoms with Crippen LogP contribution in [0.2, 0.25) is 0 Å². The lowest BCUT2D eigenvalue weighted by Gasteiger charge is -2.19. The summed E-state index contributed by atoms with van der Waals surface area (Å²) >= 11 is 0. The molecular weight excluding hydrogens is 512 g/mol. The van der Waals surface area contributed by atoms with Crippen molar-refractivity contribution in [3.63, 3.8) is 0 Å². The molecule has 0 spiro atoms. The fraction of sp³-hybridized carbons (Fsp3) is 0.300. The zero-order chi connectivity index (χ0) is 28.6. The van der Waals surface area contributed by atoms with Crippen LogP contribution in [0.4, 0.5) is 17.1 Å². The minimum atomic E-state index is -0.531. The number of carbonyl (C=O) groups is 3. The number of aryl methyl sites for hydroxylation is 2. The van der Waals surface area contributed by atoms with Crippen molar-refractivity contribution in [2.45, 2.75) is 27.2 Å². The van der Waals surface area contributed by atoms with Gasteiger partial charge in [-0.25, -0.2) is 0 Å². The van der Waals surface area contributed by atoms with Gasteiger partial charge in [0.2, 0.25) is 11.8 Å². The fourth-order valence-corrected chi connectivity index (χ4v) is 4.32. The quantitative estimate of drug-likeness (QED) is 0.308. The molecule has 1 aliphatic rings. The fourth-order valence-electron chi connectivity index (χ4n) is 4.32. The van der Waals surface area contributed by atoms with Crippen LogP contribution in [0.3, 0.4) is 0 Å². The lowest BCUT2D eigenvalue weighted by Crippen LogP contribution is -2.36. The van der Waals surface area contributed by atoms with E-state index >= 15 is 0 Å². The number of anilines is 3. The molecule has 0 radical (unpaired) electrons. The lowest BCUT2D eigenvalue weighted by atomic mass is 10.1. The molecular formula is C30H34N4O6. The summed E-state index contributed by atoms with van der Waals surface area (Å²) in [5.74, 6) is 0.00593. The summed E-state index contributed by atoms with van der Waals surface area (Å²) in [6.45, 7) is 6.44. The van der Waals surface area contributed by atoms with Gasteiger partial charge in [0.25, 0.3) is 5.91 Å². The number of hydrogen-bond donors (Lipinski definition) is 3. The summed E-state index contributed by atoms with van der Waals surface area (Å²) in [7, 11) is 1.48. The maximum Gasteiger partial charge on any atom is 0.262 e. The summed E-state index contributed by atoms with van der Waals surface area (Å²) in [6, 6.07) is 17.9. The Hall–Kier alpha value is -4.73. The second-order valence-corrected chi connectivity index (χ2v) is 9.42. The average molecular weight is 547 g/mol. The Kier molecular flexibility index (Phi) is 9.11. The van der Waals surface area contributed by atoms with Crippen molar-refractivity contribution in [3.05, 3.63) is 71.8 Å². The van der Waals surface area contributed by atoms with Gasteiger partial charge in [0.15, 0.2) is 18.1 Å². The van der Waals surface area contributed by atoms with Crippen molar-refractivity contribution >= 4 is 34.8 Å². The van der Waals surface area contributed by atoms with E-state index in [4.69, 9.17) is 14.2 Å². The smallest absolute Gasteiger partial charge is 0.262 e. The van der Waals surface area contributed by atoms with E-state index in [-0.39, 0.29) is 43.0 Å². The molecule has 3 amide bonds. The van der Waals surface area contributed by atoms with Gasteiger partial charge in [-0.15, -0.1) is 0 Å². The Morgan fingerprint density at radius 3 is 2.48 bits per heavy atom. The number of rotatable bonds is 11. The van der Waals surface area contributed by atoms with Crippen LogP contribution < -0.4 is 35.3 Å². The van der Waals surface area contributed by atoms with E-state index < -0.39 is 5.92 Å². The molecule has 3 aromatic rings. The topological polar surface area (TPSA) is 118 Å². The Balaban J connectivity index is 1.35. The minimum absolute atomic E-state index is 0.104. The van der Waals surface area contributed by atoms with E-state index in [9.17, 15) is 14.4 Å². The van der Waals surface area contributed by atoms with E-state index in [1.807, 2.05) is 39.0 Å². The molecule has 1 fully saturated rings. The number of hydrazine groups is 1. The van der Waals surface area contributed by atoms with Crippen LogP contribution in [0, 0.1) is 19.8 Å². The third kappa shape index (κ3) is 6.82. The number of amides is 3.